The fourth-order valence-electron chi connectivity index (χ4n) is 7.74. The Morgan fingerprint density at radius 2 is 1.47 bits per heavy atom. The first-order valence-corrected chi connectivity index (χ1v) is 16.0. The van der Waals surface area contributed by atoms with Gasteiger partial charge in [-0.15, -0.1) is 0 Å². The molecule has 5 aromatic rings. The van der Waals surface area contributed by atoms with Gasteiger partial charge in [0, 0.05) is 42.8 Å². The van der Waals surface area contributed by atoms with Gasteiger partial charge in [-0.25, -0.2) is 0 Å². The van der Waals surface area contributed by atoms with Gasteiger partial charge >= 0.3 is 5.97 Å². The fourth-order valence-corrected chi connectivity index (χ4v) is 7.74. The van der Waals surface area contributed by atoms with Crippen LogP contribution in [0.4, 0.5) is 0 Å². The number of carbonyl (C=O) groups is 2. The van der Waals surface area contributed by atoms with E-state index in [4.69, 9.17) is 4.74 Å². The first-order valence-electron chi connectivity index (χ1n) is 16.0. The summed E-state index contributed by atoms with van der Waals surface area (Å²) in [7, 11) is 0. The van der Waals surface area contributed by atoms with E-state index in [0.717, 1.165) is 40.8 Å². The van der Waals surface area contributed by atoms with Gasteiger partial charge in [0.05, 0.1) is 24.0 Å². The molecule has 1 amide bonds. The van der Waals surface area contributed by atoms with Crippen LogP contribution in [0.2, 0.25) is 0 Å². The number of hydrogen-bond donors (Lipinski definition) is 1. The Labute approximate surface area is 264 Å². The highest BCUT2D eigenvalue weighted by Crippen LogP contribution is 2.50. The van der Waals surface area contributed by atoms with Crippen LogP contribution in [0.25, 0.3) is 10.9 Å². The van der Waals surface area contributed by atoms with Crippen molar-refractivity contribution in [1.29, 1.82) is 0 Å². The molecule has 6 heteroatoms. The minimum Gasteiger partial charge on any atom is -0.466 e. The molecular formula is C39H39N3O3. The number of nitrogens with zero attached hydrogens (tertiary/aromatic N) is 2. The molecule has 0 bridgehead atoms. The molecule has 0 unspecified atom stereocenters. The lowest BCUT2D eigenvalue weighted by atomic mass is 9.69. The van der Waals surface area contributed by atoms with Crippen molar-refractivity contribution in [1.82, 2.24) is 14.8 Å². The van der Waals surface area contributed by atoms with Gasteiger partial charge in [-0.3, -0.25) is 14.5 Å². The molecule has 2 aliphatic heterocycles. The second-order valence-corrected chi connectivity index (χ2v) is 12.2. The highest BCUT2D eigenvalue weighted by molar-refractivity contribution is 5.91. The third kappa shape index (κ3) is 5.23. The number of carbonyl (C=O) groups excluding carboxylic acids is 2. The standard InChI is InChI=1S/C39H39N3O3/c1-2-45-38(44)33-27-41(26-28-14-6-3-7-15-28)25-23-39(33)36-32(31-20-12-13-21-34(31)40-36)22-24-42(39)37(43)35(29-16-8-4-9-17-29)30-18-10-5-11-19-30/h3-21,33,35,40H,2,22-27H2,1H3/t33-,39-/m0/s1. The summed E-state index contributed by atoms with van der Waals surface area (Å²) in [6, 6.07) is 38.8. The molecule has 0 saturated carbocycles. The second-order valence-electron chi connectivity index (χ2n) is 12.2. The number of hydrogen-bond acceptors (Lipinski definition) is 4. The van der Waals surface area contributed by atoms with Gasteiger partial charge < -0.3 is 14.6 Å². The number of likely N-dealkylation sites (tertiary alicyclic amines) is 1. The Balaban J connectivity index is 1.38. The Bertz CT molecular complexity index is 1750. The van der Waals surface area contributed by atoms with Gasteiger partial charge in [0.1, 0.15) is 0 Å². The van der Waals surface area contributed by atoms with E-state index < -0.39 is 17.4 Å². The first kappa shape index (κ1) is 29.1. The van der Waals surface area contributed by atoms with Gasteiger partial charge in [-0.05, 0) is 48.1 Å². The zero-order chi connectivity index (χ0) is 30.8. The highest BCUT2D eigenvalue weighted by Gasteiger charge is 2.58. The minimum atomic E-state index is -0.884. The summed E-state index contributed by atoms with van der Waals surface area (Å²) in [6.45, 7) is 4.64. The molecule has 228 valence electrons. The summed E-state index contributed by atoms with van der Waals surface area (Å²) in [5.74, 6) is -1.31. The lowest BCUT2D eigenvalue weighted by Crippen LogP contribution is -2.65. The van der Waals surface area contributed by atoms with Crippen LogP contribution in [0, 0.1) is 5.92 Å². The monoisotopic (exact) mass is 597 g/mol. The molecule has 1 fully saturated rings. The van der Waals surface area contributed by atoms with Crippen molar-refractivity contribution in [3.63, 3.8) is 0 Å². The topological polar surface area (TPSA) is 65.6 Å². The quantitative estimate of drug-likeness (QED) is 0.213. The molecular weight excluding hydrogens is 558 g/mol. The molecule has 3 heterocycles. The van der Waals surface area contributed by atoms with Crippen molar-refractivity contribution in [2.75, 3.05) is 26.2 Å². The van der Waals surface area contributed by atoms with Gasteiger partial charge in [-0.1, -0.05) is 109 Å². The lowest BCUT2D eigenvalue weighted by Gasteiger charge is -2.55. The van der Waals surface area contributed by atoms with Crippen LogP contribution < -0.4 is 0 Å². The first-order chi connectivity index (χ1) is 22.1. The second kappa shape index (κ2) is 12.4. The van der Waals surface area contributed by atoms with Gasteiger partial charge in [0.2, 0.25) is 5.91 Å². The summed E-state index contributed by atoms with van der Waals surface area (Å²) in [6.07, 6.45) is 1.33. The van der Waals surface area contributed by atoms with Crippen LogP contribution in [-0.2, 0) is 32.8 Å². The Morgan fingerprint density at radius 1 is 0.844 bits per heavy atom. The molecule has 7 rings (SSSR count). The van der Waals surface area contributed by atoms with Crippen molar-refractivity contribution in [2.45, 2.75) is 37.8 Å². The molecule has 1 aromatic heterocycles. The zero-order valence-corrected chi connectivity index (χ0v) is 25.7. The number of esters is 1. The van der Waals surface area contributed by atoms with Crippen molar-refractivity contribution in [2.24, 2.45) is 5.92 Å². The van der Waals surface area contributed by atoms with Crippen LogP contribution >= 0.6 is 0 Å². The number of nitrogens with one attached hydrogen (secondary N) is 1. The number of rotatable bonds is 7. The molecule has 45 heavy (non-hydrogen) atoms. The maximum atomic E-state index is 15.2. The molecule has 2 atom stereocenters. The van der Waals surface area contributed by atoms with Crippen LogP contribution in [0.5, 0.6) is 0 Å². The van der Waals surface area contributed by atoms with E-state index in [-0.39, 0.29) is 18.5 Å². The number of amides is 1. The van der Waals surface area contributed by atoms with Crippen molar-refractivity contribution in [3.8, 4) is 0 Å². The number of fused-ring (bicyclic) bond motifs is 4. The number of aromatic nitrogens is 1. The smallest absolute Gasteiger partial charge is 0.313 e. The van der Waals surface area contributed by atoms with E-state index in [1.165, 1.54) is 11.1 Å². The van der Waals surface area contributed by atoms with E-state index in [9.17, 15) is 4.79 Å². The number of para-hydroxylation sites is 1. The molecule has 0 aliphatic carbocycles. The number of piperidine rings is 1. The van der Waals surface area contributed by atoms with Crippen LogP contribution in [0.3, 0.4) is 0 Å². The predicted octanol–water partition coefficient (Wildman–Crippen LogP) is 6.67. The van der Waals surface area contributed by atoms with E-state index in [2.05, 4.69) is 57.2 Å². The average molecular weight is 598 g/mol. The number of ether oxygens (including phenoxy) is 1. The minimum absolute atomic E-state index is 0.0162. The molecule has 6 nitrogen and oxygen atoms in total. The number of H-pyrrole nitrogens is 1. The van der Waals surface area contributed by atoms with Gasteiger partial charge in [-0.2, -0.15) is 0 Å². The zero-order valence-electron chi connectivity index (χ0n) is 25.7. The number of aromatic amines is 1. The summed E-state index contributed by atoms with van der Waals surface area (Å²) in [5, 5.41) is 1.16. The third-order valence-electron chi connectivity index (χ3n) is 9.74. The fraction of sp³-hybridized carbons (Fsp3) is 0.282. The largest absolute Gasteiger partial charge is 0.466 e. The van der Waals surface area contributed by atoms with E-state index in [0.29, 0.717) is 25.9 Å². The third-order valence-corrected chi connectivity index (χ3v) is 9.74. The van der Waals surface area contributed by atoms with Crippen molar-refractivity contribution < 1.29 is 14.3 Å². The normalized spacial score (nSPS) is 20.0. The molecule has 4 aromatic carbocycles. The van der Waals surface area contributed by atoms with E-state index in [1.54, 1.807) is 0 Å². The SMILES string of the molecule is CCOC(=O)[C@@H]1CN(Cc2ccccc2)CC[C@@]12c1[nH]c3ccccc3c1CCN2C(=O)C(c1ccccc1)c1ccccc1. The summed E-state index contributed by atoms with van der Waals surface area (Å²) < 4.78 is 5.84. The summed E-state index contributed by atoms with van der Waals surface area (Å²) >= 11 is 0. The molecule has 1 N–H and O–H groups in total. The van der Waals surface area contributed by atoms with Gasteiger partial charge in [0.15, 0.2) is 0 Å². The average Bonchev–Trinajstić information content (AvgIpc) is 3.47. The lowest BCUT2D eigenvalue weighted by molar-refractivity contribution is -0.166. The van der Waals surface area contributed by atoms with Crippen LogP contribution in [0.15, 0.2) is 115 Å². The maximum Gasteiger partial charge on any atom is 0.313 e. The Hall–Kier alpha value is -4.68. The Morgan fingerprint density at radius 3 is 2.13 bits per heavy atom. The van der Waals surface area contributed by atoms with E-state index in [1.807, 2.05) is 79.7 Å². The maximum absolute atomic E-state index is 15.2. The predicted molar refractivity (Wildman–Crippen MR) is 177 cm³/mol. The highest BCUT2D eigenvalue weighted by atomic mass is 16.5. The van der Waals surface area contributed by atoms with Crippen LogP contribution in [-0.4, -0.2) is 52.9 Å². The molecule has 2 aliphatic rings. The molecule has 0 radical (unpaired) electrons. The van der Waals surface area contributed by atoms with Crippen molar-refractivity contribution in [3.05, 3.63) is 143 Å². The molecule has 1 saturated heterocycles. The Kier molecular flexibility index (Phi) is 7.99. The van der Waals surface area contributed by atoms with Crippen molar-refractivity contribution >= 4 is 22.8 Å². The van der Waals surface area contributed by atoms with Gasteiger partial charge in [0.25, 0.3) is 0 Å². The molecule has 1 spiro atoms. The van der Waals surface area contributed by atoms with E-state index >= 15 is 4.79 Å². The number of benzene rings is 4. The summed E-state index contributed by atoms with van der Waals surface area (Å²) in [4.78, 5) is 37.6. The van der Waals surface area contributed by atoms with Crippen LogP contribution in [0.1, 0.15) is 47.2 Å². The summed E-state index contributed by atoms with van der Waals surface area (Å²) in [5.41, 5.74) is 5.43.